The number of hydrogen-bond donors (Lipinski definition) is 1. The second-order valence-corrected chi connectivity index (χ2v) is 6.28. The summed E-state index contributed by atoms with van der Waals surface area (Å²) in [5.74, 6) is -0.0327. The number of aromatic nitrogens is 4. The number of para-hydroxylation sites is 1. The molecule has 0 aliphatic heterocycles. The predicted octanol–water partition coefficient (Wildman–Crippen LogP) is 3.86. The lowest BCUT2D eigenvalue weighted by Gasteiger charge is -2.00. The summed E-state index contributed by atoms with van der Waals surface area (Å²) in [7, 11) is 1.93. The van der Waals surface area contributed by atoms with Gasteiger partial charge in [0.2, 0.25) is 0 Å². The number of hydrogen-bond acceptors (Lipinski definition) is 5. The highest BCUT2D eigenvalue weighted by Crippen LogP contribution is 2.24. The number of fused-ring (bicyclic) bond motifs is 3. The van der Waals surface area contributed by atoms with Gasteiger partial charge in [-0.2, -0.15) is 10.1 Å². The van der Waals surface area contributed by atoms with Gasteiger partial charge in [-0.25, -0.2) is 9.82 Å². The molecule has 2 aromatic heterocycles. The molecule has 1 N–H and O–H groups in total. The van der Waals surface area contributed by atoms with Gasteiger partial charge in [0, 0.05) is 12.4 Å². The molecule has 0 unspecified atom stereocenters. The van der Waals surface area contributed by atoms with Gasteiger partial charge in [-0.1, -0.05) is 24.3 Å². The van der Waals surface area contributed by atoms with E-state index in [1.807, 2.05) is 35.9 Å². The first-order chi connectivity index (χ1) is 12.1. The molecule has 0 saturated carbocycles. The van der Waals surface area contributed by atoms with Crippen molar-refractivity contribution in [3.8, 4) is 0 Å². The highest BCUT2D eigenvalue weighted by atomic mass is 79.9. The van der Waals surface area contributed by atoms with Crippen molar-refractivity contribution in [1.82, 2.24) is 19.7 Å². The van der Waals surface area contributed by atoms with Gasteiger partial charge in [-0.3, -0.25) is 0 Å². The summed E-state index contributed by atoms with van der Waals surface area (Å²) in [5.41, 5.74) is 5.99. The lowest BCUT2D eigenvalue weighted by atomic mass is 10.2. The van der Waals surface area contributed by atoms with E-state index in [0.29, 0.717) is 4.47 Å². The minimum atomic E-state index is -0.320. The highest BCUT2D eigenvalue weighted by Gasteiger charge is 2.11. The van der Waals surface area contributed by atoms with Gasteiger partial charge in [-0.05, 0) is 39.7 Å². The Morgan fingerprint density at radius 3 is 2.88 bits per heavy atom. The fourth-order valence-electron chi connectivity index (χ4n) is 2.61. The third-order valence-corrected chi connectivity index (χ3v) is 4.44. The molecule has 6 nitrogen and oxygen atoms in total. The van der Waals surface area contributed by atoms with Crippen molar-refractivity contribution in [1.29, 1.82) is 0 Å². The second kappa shape index (κ2) is 6.21. The Balaban J connectivity index is 1.63. The Labute approximate surface area is 150 Å². The predicted molar refractivity (Wildman–Crippen MR) is 99.1 cm³/mol. The van der Waals surface area contributed by atoms with Crippen LogP contribution in [0.15, 0.2) is 52.0 Å². The number of benzene rings is 2. The number of halogens is 2. The topological polar surface area (TPSA) is 68.0 Å². The Morgan fingerprint density at radius 2 is 2.04 bits per heavy atom. The zero-order valence-corrected chi connectivity index (χ0v) is 14.7. The molecule has 8 heteroatoms. The Kier molecular flexibility index (Phi) is 3.89. The summed E-state index contributed by atoms with van der Waals surface area (Å²) in [4.78, 5) is 4.47. The van der Waals surface area contributed by atoms with Crippen LogP contribution in [0.5, 0.6) is 0 Å². The van der Waals surface area contributed by atoms with Gasteiger partial charge in [-0.15, -0.1) is 10.2 Å². The van der Waals surface area contributed by atoms with E-state index in [1.54, 1.807) is 18.3 Å². The van der Waals surface area contributed by atoms with Crippen LogP contribution in [0.25, 0.3) is 22.1 Å². The Bertz CT molecular complexity index is 1120. The third-order valence-electron chi connectivity index (χ3n) is 3.83. The molecule has 25 heavy (non-hydrogen) atoms. The first-order valence-electron chi connectivity index (χ1n) is 7.45. The summed E-state index contributed by atoms with van der Waals surface area (Å²) in [5, 5.41) is 13.4. The minimum Gasteiger partial charge on any atom is -0.327 e. The average Bonchev–Trinajstić information content (AvgIpc) is 2.91. The molecule has 2 heterocycles. The van der Waals surface area contributed by atoms with Crippen molar-refractivity contribution in [3.63, 3.8) is 0 Å². The van der Waals surface area contributed by atoms with Crippen LogP contribution in [-0.4, -0.2) is 26.0 Å². The van der Waals surface area contributed by atoms with E-state index < -0.39 is 0 Å². The molecule has 4 rings (SSSR count). The van der Waals surface area contributed by atoms with Crippen LogP contribution >= 0.6 is 15.9 Å². The normalized spacial score (nSPS) is 11.6. The van der Waals surface area contributed by atoms with Crippen LogP contribution < -0.4 is 5.43 Å². The van der Waals surface area contributed by atoms with E-state index in [-0.39, 0.29) is 11.8 Å². The van der Waals surface area contributed by atoms with Crippen LogP contribution in [0.2, 0.25) is 0 Å². The maximum absolute atomic E-state index is 13.2. The lowest BCUT2D eigenvalue weighted by Crippen LogP contribution is -2.00. The Morgan fingerprint density at radius 1 is 1.20 bits per heavy atom. The van der Waals surface area contributed by atoms with Crippen molar-refractivity contribution in [2.45, 2.75) is 0 Å². The number of anilines is 1. The molecule has 0 bridgehead atoms. The standard InChI is InChI=1S/C17H12BrFN6/c1-25-14-5-3-2-4-11(14)15-16(25)21-17(24-22-15)23-20-9-10-6-7-13(19)12(18)8-10/h2-9H,1H3,(H,21,23,24)/b20-9-. The van der Waals surface area contributed by atoms with Crippen molar-refractivity contribution in [2.75, 3.05) is 5.43 Å². The average molecular weight is 399 g/mol. The number of hydrazone groups is 1. The van der Waals surface area contributed by atoms with E-state index in [2.05, 4.69) is 41.6 Å². The van der Waals surface area contributed by atoms with E-state index in [1.165, 1.54) is 6.07 Å². The molecule has 124 valence electrons. The van der Waals surface area contributed by atoms with Gasteiger partial charge in [0.15, 0.2) is 5.65 Å². The minimum absolute atomic E-state index is 0.288. The van der Waals surface area contributed by atoms with Crippen LogP contribution in [-0.2, 0) is 7.05 Å². The first kappa shape index (κ1) is 15.6. The van der Waals surface area contributed by atoms with Crippen molar-refractivity contribution < 1.29 is 4.39 Å². The zero-order valence-electron chi connectivity index (χ0n) is 13.1. The number of nitrogens with one attached hydrogen (secondary N) is 1. The summed E-state index contributed by atoms with van der Waals surface area (Å²) < 4.78 is 15.6. The van der Waals surface area contributed by atoms with Crippen LogP contribution in [0.3, 0.4) is 0 Å². The SMILES string of the molecule is Cn1c2ccccc2c2nnc(N/N=C\c3ccc(F)c(Br)c3)nc21. The zero-order chi connectivity index (χ0) is 17.4. The molecule has 0 amide bonds. The quantitative estimate of drug-likeness (QED) is 0.420. The largest absolute Gasteiger partial charge is 0.327 e. The van der Waals surface area contributed by atoms with Crippen LogP contribution in [0.1, 0.15) is 5.56 Å². The number of aryl methyl sites for hydroxylation is 1. The van der Waals surface area contributed by atoms with Crippen molar-refractivity contribution in [3.05, 3.63) is 58.3 Å². The maximum Gasteiger partial charge on any atom is 0.265 e. The van der Waals surface area contributed by atoms with Gasteiger partial charge >= 0.3 is 0 Å². The van der Waals surface area contributed by atoms with Crippen LogP contribution in [0, 0.1) is 5.82 Å². The molecule has 4 aromatic rings. The fraction of sp³-hybridized carbons (Fsp3) is 0.0588. The highest BCUT2D eigenvalue weighted by molar-refractivity contribution is 9.10. The second-order valence-electron chi connectivity index (χ2n) is 5.43. The van der Waals surface area contributed by atoms with Crippen molar-refractivity contribution >= 4 is 50.2 Å². The monoisotopic (exact) mass is 398 g/mol. The lowest BCUT2D eigenvalue weighted by molar-refractivity contribution is 0.621. The molecule has 0 fully saturated rings. The van der Waals surface area contributed by atoms with E-state index in [9.17, 15) is 4.39 Å². The van der Waals surface area contributed by atoms with Gasteiger partial charge < -0.3 is 4.57 Å². The molecular weight excluding hydrogens is 387 g/mol. The molecular formula is C17H12BrFN6. The molecule has 0 atom stereocenters. The molecule has 0 spiro atoms. The molecule has 0 saturated heterocycles. The first-order valence-corrected chi connectivity index (χ1v) is 8.25. The fourth-order valence-corrected chi connectivity index (χ4v) is 3.01. The van der Waals surface area contributed by atoms with E-state index in [4.69, 9.17) is 0 Å². The van der Waals surface area contributed by atoms with E-state index >= 15 is 0 Å². The van der Waals surface area contributed by atoms with Gasteiger partial charge in [0.1, 0.15) is 11.3 Å². The Hall–Kier alpha value is -2.87. The summed E-state index contributed by atoms with van der Waals surface area (Å²) >= 11 is 3.14. The summed E-state index contributed by atoms with van der Waals surface area (Å²) in [6, 6.07) is 12.6. The molecule has 0 aliphatic rings. The van der Waals surface area contributed by atoms with Gasteiger partial charge in [0.25, 0.3) is 5.95 Å². The maximum atomic E-state index is 13.2. The number of rotatable bonds is 3. The summed E-state index contributed by atoms with van der Waals surface area (Å²) in [6.45, 7) is 0. The third kappa shape index (κ3) is 2.85. The molecule has 0 radical (unpaired) electrons. The number of nitrogens with zero attached hydrogens (tertiary/aromatic N) is 5. The van der Waals surface area contributed by atoms with Gasteiger partial charge in [0.05, 0.1) is 16.2 Å². The van der Waals surface area contributed by atoms with E-state index in [0.717, 1.165) is 27.6 Å². The molecule has 0 aliphatic carbocycles. The van der Waals surface area contributed by atoms with Crippen molar-refractivity contribution in [2.24, 2.45) is 12.1 Å². The molecule has 2 aromatic carbocycles. The smallest absolute Gasteiger partial charge is 0.265 e. The van der Waals surface area contributed by atoms with Crippen LogP contribution in [0.4, 0.5) is 10.3 Å². The summed E-state index contributed by atoms with van der Waals surface area (Å²) in [6.07, 6.45) is 1.55.